The van der Waals surface area contributed by atoms with Crippen LogP contribution in [0.3, 0.4) is 0 Å². The van der Waals surface area contributed by atoms with Gasteiger partial charge in [0.1, 0.15) is 23.9 Å². The number of likely N-dealkylation sites (N-methyl/N-ethyl adjacent to an activating group) is 1. The van der Waals surface area contributed by atoms with Crippen LogP contribution >= 0.6 is 0 Å². The molecule has 202 valence electrons. The smallest absolute Gasteiger partial charge is 0.258 e. The van der Waals surface area contributed by atoms with E-state index < -0.39 is 5.92 Å². The second kappa shape index (κ2) is 11.9. The maximum atomic E-state index is 12.9. The summed E-state index contributed by atoms with van der Waals surface area (Å²) in [5.74, 6) is 0.781. The molecule has 3 heterocycles. The molecule has 11 nitrogen and oxygen atoms in total. The molecule has 2 aliphatic heterocycles. The molecule has 11 heteroatoms. The molecular weight excluding hydrogens is 498 g/mol. The van der Waals surface area contributed by atoms with Crippen molar-refractivity contribution in [2.45, 2.75) is 18.4 Å². The van der Waals surface area contributed by atoms with Crippen LogP contribution in [0.25, 0.3) is 0 Å². The highest BCUT2D eigenvalue weighted by molar-refractivity contribution is 6.13. The standard InChI is InChI=1S/C28H31N7O4/c1-35-11-10-29-26-25-21(28(37)34-27(25)32-17-31-26)14-30-19-8-9-22(38-2)23(13-19)39-16-24(36)33-20(15-35)12-18-6-4-3-5-7-18/h3-9,13-14,17,20-21H,10-12,15-16H2,1-2H3,(H,33,36)(H2,29,31,32,34,37)/t20-,21?/m1/s1. The van der Waals surface area contributed by atoms with Crippen molar-refractivity contribution in [1.82, 2.24) is 20.2 Å². The molecule has 0 radical (unpaired) electrons. The molecule has 1 aromatic heterocycles. The summed E-state index contributed by atoms with van der Waals surface area (Å²) in [4.78, 5) is 41.0. The summed E-state index contributed by atoms with van der Waals surface area (Å²) in [6.07, 6.45) is 3.67. The van der Waals surface area contributed by atoms with Crippen LogP contribution in [0.2, 0.25) is 0 Å². The Morgan fingerprint density at radius 2 is 1.92 bits per heavy atom. The number of aromatic nitrogens is 2. The fourth-order valence-electron chi connectivity index (χ4n) is 4.72. The van der Waals surface area contributed by atoms with Crippen molar-refractivity contribution in [1.29, 1.82) is 0 Å². The highest BCUT2D eigenvalue weighted by Crippen LogP contribution is 2.36. The number of aliphatic imine (C=N–C) groups is 1. The van der Waals surface area contributed by atoms with Gasteiger partial charge >= 0.3 is 0 Å². The van der Waals surface area contributed by atoms with E-state index in [2.05, 4.69) is 35.8 Å². The summed E-state index contributed by atoms with van der Waals surface area (Å²) in [6.45, 7) is 1.70. The van der Waals surface area contributed by atoms with Gasteiger partial charge in [0.05, 0.1) is 18.4 Å². The zero-order valence-electron chi connectivity index (χ0n) is 21.9. The summed E-state index contributed by atoms with van der Waals surface area (Å²) in [5, 5.41) is 9.29. The van der Waals surface area contributed by atoms with Gasteiger partial charge in [-0.05, 0) is 31.2 Å². The zero-order chi connectivity index (χ0) is 27.2. The topological polar surface area (TPSA) is 130 Å². The number of benzene rings is 2. The van der Waals surface area contributed by atoms with Crippen molar-refractivity contribution < 1.29 is 19.1 Å². The van der Waals surface area contributed by atoms with Crippen molar-refractivity contribution in [2.24, 2.45) is 4.99 Å². The second-order valence-corrected chi connectivity index (χ2v) is 9.50. The number of methoxy groups -OCH3 is 1. The molecule has 5 rings (SSSR count). The third kappa shape index (κ3) is 6.32. The molecule has 0 saturated heterocycles. The maximum absolute atomic E-state index is 12.9. The average molecular weight is 530 g/mol. The zero-order valence-corrected chi connectivity index (χ0v) is 21.9. The van der Waals surface area contributed by atoms with Gasteiger partial charge in [0.25, 0.3) is 5.91 Å². The molecule has 0 aliphatic carbocycles. The lowest BCUT2D eigenvalue weighted by Gasteiger charge is -2.26. The molecule has 0 saturated carbocycles. The number of rotatable bonds is 3. The molecule has 2 atom stereocenters. The van der Waals surface area contributed by atoms with Crippen LogP contribution in [0.1, 0.15) is 17.0 Å². The Hall–Kier alpha value is -4.51. The minimum absolute atomic E-state index is 0.139. The fraction of sp³-hybridized carbons (Fsp3) is 0.321. The molecular formula is C28H31N7O4. The SMILES string of the molecule is COc1ccc2cc1OCC(=O)N[C@H](Cc1ccccc1)CN(C)CCNc1ncnc3c1C(C=N2)C(=O)N3. The Bertz CT molecular complexity index is 1370. The van der Waals surface area contributed by atoms with Crippen LogP contribution in [0.15, 0.2) is 59.9 Å². The number of fused-ring (bicyclic) bond motifs is 2. The molecule has 3 N–H and O–H groups in total. The van der Waals surface area contributed by atoms with E-state index in [1.54, 1.807) is 24.4 Å². The van der Waals surface area contributed by atoms with Crippen molar-refractivity contribution in [3.8, 4) is 11.5 Å². The maximum Gasteiger partial charge on any atom is 0.258 e. The van der Waals surface area contributed by atoms with Gasteiger partial charge in [0.15, 0.2) is 18.1 Å². The Morgan fingerprint density at radius 3 is 2.74 bits per heavy atom. The molecule has 39 heavy (non-hydrogen) atoms. The molecule has 2 amide bonds. The fourth-order valence-corrected chi connectivity index (χ4v) is 4.72. The van der Waals surface area contributed by atoms with Crippen LogP contribution in [0.5, 0.6) is 11.5 Å². The van der Waals surface area contributed by atoms with Gasteiger partial charge in [-0.1, -0.05) is 30.3 Å². The summed E-state index contributed by atoms with van der Waals surface area (Å²) < 4.78 is 11.3. The van der Waals surface area contributed by atoms with E-state index in [1.165, 1.54) is 13.4 Å². The molecule has 2 bridgehead atoms. The normalized spacial score (nSPS) is 19.9. The van der Waals surface area contributed by atoms with Crippen LogP contribution in [0, 0.1) is 0 Å². The number of hydrogen-bond acceptors (Lipinski definition) is 9. The number of hydrogen-bond donors (Lipinski definition) is 3. The van der Waals surface area contributed by atoms with Gasteiger partial charge in [0.2, 0.25) is 5.91 Å². The molecule has 1 unspecified atom stereocenters. The quantitative estimate of drug-likeness (QED) is 0.472. The number of anilines is 2. The molecule has 3 aromatic rings. The third-order valence-electron chi connectivity index (χ3n) is 6.61. The summed E-state index contributed by atoms with van der Waals surface area (Å²) in [5.41, 5.74) is 2.34. The Morgan fingerprint density at radius 1 is 1.10 bits per heavy atom. The first-order valence-corrected chi connectivity index (χ1v) is 12.8. The molecule has 0 spiro atoms. The minimum atomic E-state index is -0.659. The summed E-state index contributed by atoms with van der Waals surface area (Å²) in [7, 11) is 3.53. The molecule has 0 fully saturated rings. The van der Waals surface area contributed by atoms with E-state index in [0.717, 1.165) is 5.56 Å². The Labute approximate surface area is 226 Å². The van der Waals surface area contributed by atoms with Crippen molar-refractivity contribution in [3.05, 3.63) is 66.0 Å². The first-order chi connectivity index (χ1) is 19.0. The van der Waals surface area contributed by atoms with Gasteiger partial charge in [-0.3, -0.25) is 14.6 Å². The second-order valence-electron chi connectivity index (χ2n) is 9.50. The summed E-state index contributed by atoms with van der Waals surface area (Å²) >= 11 is 0. The van der Waals surface area contributed by atoms with Gasteiger partial charge < -0.3 is 30.3 Å². The van der Waals surface area contributed by atoms with Gasteiger partial charge in [-0.25, -0.2) is 9.97 Å². The van der Waals surface area contributed by atoms with E-state index in [-0.39, 0.29) is 24.5 Å². The van der Waals surface area contributed by atoms with Gasteiger partial charge in [-0.15, -0.1) is 0 Å². The predicted octanol–water partition coefficient (Wildman–Crippen LogP) is 2.39. The van der Waals surface area contributed by atoms with E-state index >= 15 is 0 Å². The number of carbonyl (C=O) groups is 2. The van der Waals surface area contributed by atoms with Crippen molar-refractivity contribution >= 4 is 35.4 Å². The third-order valence-corrected chi connectivity index (χ3v) is 6.61. The lowest BCUT2D eigenvalue weighted by Crippen LogP contribution is -2.46. The highest BCUT2D eigenvalue weighted by atomic mass is 16.5. The molecule has 2 aromatic carbocycles. The number of carbonyl (C=O) groups excluding carboxylic acids is 2. The largest absolute Gasteiger partial charge is 0.493 e. The molecule has 2 aliphatic rings. The first-order valence-electron chi connectivity index (χ1n) is 12.8. The van der Waals surface area contributed by atoms with E-state index in [4.69, 9.17) is 9.47 Å². The lowest BCUT2D eigenvalue weighted by atomic mass is 10.0. The van der Waals surface area contributed by atoms with Gasteiger partial charge in [-0.2, -0.15) is 0 Å². The lowest BCUT2D eigenvalue weighted by molar-refractivity contribution is -0.124. The van der Waals surface area contributed by atoms with Crippen LogP contribution < -0.4 is 25.4 Å². The summed E-state index contributed by atoms with van der Waals surface area (Å²) in [6, 6.07) is 15.1. The Kier molecular flexibility index (Phi) is 7.97. The van der Waals surface area contributed by atoms with Crippen LogP contribution in [0.4, 0.5) is 17.3 Å². The number of ether oxygens (including phenoxy) is 2. The average Bonchev–Trinajstić information content (AvgIpc) is 3.26. The van der Waals surface area contributed by atoms with Gasteiger partial charge in [0, 0.05) is 38.0 Å². The number of nitrogens with zero attached hydrogens (tertiary/aromatic N) is 4. The van der Waals surface area contributed by atoms with E-state index in [1.807, 2.05) is 37.4 Å². The predicted molar refractivity (Wildman–Crippen MR) is 148 cm³/mol. The number of nitrogens with one attached hydrogen (secondary N) is 3. The van der Waals surface area contributed by atoms with Crippen molar-refractivity contribution in [3.63, 3.8) is 0 Å². The highest BCUT2D eigenvalue weighted by Gasteiger charge is 2.34. The van der Waals surface area contributed by atoms with E-state index in [9.17, 15) is 9.59 Å². The van der Waals surface area contributed by atoms with Crippen molar-refractivity contribution in [2.75, 3.05) is 51.0 Å². The van der Waals surface area contributed by atoms with E-state index in [0.29, 0.717) is 60.4 Å². The Balaban J connectivity index is 1.45. The van der Waals surface area contributed by atoms with Crippen LogP contribution in [-0.4, -0.2) is 79.3 Å². The number of amides is 2. The monoisotopic (exact) mass is 529 g/mol. The minimum Gasteiger partial charge on any atom is -0.493 e. The van der Waals surface area contributed by atoms with Crippen LogP contribution in [-0.2, 0) is 16.0 Å². The first kappa shape index (κ1) is 26.1.